The summed E-state index contributed by atoms with van der Waals surface area (Å²) in [4.78, 5) is 7.82. The average Bonchev–Trinajstić information content (AvgIpc) is 2.48. The highest BCUT2D eigenvalue weighted by Crippen LogP contribution is 2.36. The van der Waals surface area contributed by atoms with Crippen LogP contribution in [0, 0.1) is 11.3 Å². The second-order valence-corrected chi connectivity index (χ2v) is 5.03. The van der Waals surface area contributed by atoms with Crippen LogP contribution in [0.2, 0.25) is 0 Å². The van der Waals surface area contributed by atoms with Crippen molar-refractivity contribution >= 4 is 12.6 Å². The molecular weight excluding hydrogens is 217 g/mol. The Morgan fingerprint density at radius 2 is 1.82 bits per heavy atom. The first-order chi connectivity index (χ1) is 7.87. The summed E-state index contributed by atoms with van der Waals surface area (Å²) in [5.74, 6) is 0. The molecule has 0 radical (unpaired) electrons. The van der Waals surface area contributed by atoms with E-state index in [0.717, 1.165) is 0 Å². The van der Waals surface area contributed by atoms with E-state index in [1.54, 1.807) is 6.20 Å². The van der Waals surface area contributed by atoms with E-state index in [0.29, 0.717) is 11.2 Å². The van der Waals surface area contributed by atoms with Crippen molar-refractivity contribution in [2.45, 2.75) is 38.9 Å². The van der Waals surface area contributed by atoms with Gasteiger partial charge >= 0.3 is 7.12 Å². The second kappa shape index (κ2) is 3.79. The van der Waals surface area contributed by atoms with Crippen molar-refractivity contribution in [3.05, 3.63) is 18.2 Å². The van der Waals surface area contributed by atoms with Gasteiger partial charge in [-0.3, -0.25) is 0 Å². The van der Waals surface area contributed by atoms with E-state index in [9.17, 15) is 0 Å². The number of hydrogen-bond donors (Lipinski definition) is 0. The number of nitrogens with zero attached hydrogens (tertiary/aromatic N) is 3. The largest absolute Gasteiger partial charge is 0.499 e. The van der Waals surface area contributed by atoms with E-state index in [1.165, 1.54) is 6.33 Å². The molecular formula is C11H14BN3O2. The van der Waals surface area contributed by atoms with Gasteiger partial charge in [0, 0.05) is 11.7 Å². The van der Waals surface area contributed by atoms with Gasteiger partial charge < -0.3 is 9.31 Å². The van der Waals surface area contributed by atoms with Crippen molar-refractivity contribution in [1.82, 2.24) is 9.97 Å². The van der Waals surface area contributed by atoms with Gasteiger partial charge in [-0.1, -0.05) is 0 Å². The van der Waals surface area contributed by atoms with Crippen molar-refractivity contribution in [2.24, 2.45) is 0 Å². The van der Waals surface area contributed by atoms with Crippen LogP contribution in [-0.2, 0) is 9.31 Å². The van der Waals surface area contributed by atoms with Crippen LogP contribution >= 0.6 is 0 Å². The monoisotopic (exact) mass is 231 g/mol. The fourth-order valence-corrected chi connectivity index (χ4v) is 1.58. The third kappa shape index (κ3) is 1.92. The van der Waals surface area contributed by atoms with Crippen molar-refractivity contribution < 1.29 is 9.31 Å². The first-order valence-corrected chi connectivity index (χ1v) is 5.43. The second-order valence-electron chi connectivity index (χ2n) is 5.03. The minimum absolute atomic E-state index is 0.290. The lowest BCUT2D eigenvalue weighted by atomic mass is 9.79. The molecule has 88 valence electrons. The standard InChI is InChI=1S/C11H14BN3O2/c1-10(2)11(3,4)17-12(16-10)8-6-14-7-15-9(8)5-13/h6-7H,1-4H3. The van der Waals surface area contributed by atoms with E-state index in [2.05, 4.69) is 9.97 Å². The van der Waals surface area contributed by atoms with E-state index in [4.69, 9.17) is 14.6 Å². The van der Waals surface area contributed by atoms with Crippen molar-refractivity contribution in [3.8, 4) is 6.07 Å². The van der Waals surface area contributed by atoms with Crippen LogP contribution in [0.15, 0.2) is 12.5 Å². The number of rotatable bonds is 1. The van der Waals surface area contributed by atoms with Gasteiger partial charge in [0.15, 0.2) is 0 Å². The zero-order valence-electron chi connectivity index (χ0n) is 10.4. The number of aromatic nitrogens is 2. The van der Waals surface area contributed by atoms with Gasteiger partial charge in [-0.15, -0.1) is 0 Å². The fraction of sp³-hybridized carbons (Fsp3) is 0.545. The minimum Gasteiger partial charge on any atom is -0.399 e. The minimum atomic E-state index is -0.587. The third-order valence-corrected chi connectivity index (χ3v) is 3.35. The summed E-state index contributed by atoms with van der Waals surface area (Å²) in [6.45, 7) is 7.84. The normalized spacial score (nSPS) is 21.2. The lowest BCUT2D eigenvalue weighted by molar-refractivity contribution is 0.00578. The first-order valence-electron chi connectivity index (χ1n) is 5.43. The SMILES string of the molecule is CC1(C)OB(c2cncnc2C#N)OC1(C)C. The molecule has 2 heterocycles. The molecule has 0 aromatic carbocycles. The molecule has 5 nitrogen and oxygen atoms in total. The topological polar surface area (TPSA) is 68.0 Å². The Kier molecular flexibility index (Phi) is 2.68. The fourth-order valence-electron chi connectivity index (χ4n) is 1.58. The molecule has 1 aliphatic heterocycles. The molecule has 0 unspecified atom stereocenters. The maximum Gasteiger partial charge on any atom is 0.499 e. The molecule has 0 atom stereocenters. The summed E-state index contributed by atoms with van der Waals surface area (Å²) >= 11 is 0. The van der Waals surface area contributed by atoms with Crippen molar-refractivity contribution in [1.29, 1.82) is 5.26 Å². The molecule has 6 heteroatoms. The molecule has 0 aliphatic carbocycles. The Morgan fingerprint density at radius 1 is 1.24 bits per heavy atom. The van der Waals surface area contributed by atoms with Crippen LogP contribution in [0.4, 0.5) is 0 Å². The summed E-state index contributed by atoms with van der Waals surface area (Å²) < 4.78 is 11.7. The molecule has 2 rings (SSSR count). The molecule has 0 amide bonds. The number of nitriles is 1. The van der Waals surface area contributed by atoms with Gasteiger partial charge in [-0.05, 0) is 27.7 Å². The van der Waals surface area contributed by atoms with E-state index in [1.807, 2.05) is 33.8 Å². The Morgan fingerprint density at radius 3 is 2.35 bits per heavy atom. The van der Waals surface area contributed by atoms with E-state index >= 15 is 0 Å². The summed E-state index contributed by atoms with van der Waals surface area (Å²) in [5.41, 5.74) is 0.00708. The third-order valence-electron chi connectivity index (χ3n) is 3.35. The predicted molar refractivity (Wildman–Crippen MR) is 62.5 cm³/mol. The van der Waals surface area contributed by atoms with Crippen LogP contribution in [-0.4, -0.2) is 28.3 Å². The Bertz CT molecular complexity index is 466. The van der Waals surface area contributed by atoms with Crippen LogP contribution in [0.5, 0.6) is 0 Å². The zero-order chi connectivity index (χ0) is 12.7. The molecule has 1 saturated heterocycles. The van der Waals surface area contributed by atoms with Crippen molar-refractivity contribution in [2.75, 3.05) is 0 Å². The maximum atomic E-state index is 8.99. The zero-order valence-corrected chi connectivity index (χ0v) is 10.4. The molecule has 0 bridgehead atoms. The molecule has 1 fully saturated rings. The van der Waals surface area contributed by atoms with Crippen LogP contribution in [0.3, 0.4) is 0 Å². The lowest BCUT2D eigenvalue weighted by Crippen LogP contribution is -2.41. The molecule has 1 aliphatic rings. The predicted octanol–water partition coefficient (Wildman–Crippen LogP) is 0.647. The van der Waals surface area contributed by atoms with Gasteiger partial charge in [0.05, 0.1) is 11.2 Å². The van der Waals surface area contributed by atoms with Crippen LogP contribution < -0.4 is 5.46 Å². The first kappa shape index (κ1) is 12.0. The summed E-state index contributed by atoms with van der Waals surface area (Å²) in [6.07, 6.45) is 2.90. The highest BCUT2D eigenvalue weighted by Gasteiger charge is 2.52. The van der Waals surface area contributed by atoms with Crippen molar-refractivity contribution in [3.63, 3.8) is 0 Å². The summed E-state index contributed by atoms with van der Waals surface area (Å²) in [6, 6.07) is 2.02. The molecule has 0 saturated carbocycles. The molecule has 0 spiro atoms. The van der Waals surface area contributed by atoms with Gasteiger partial charge in [0.1, 0.15) is 18.1 Å². The van der Waals surface area contributed by atoms with Gasteiger partial charge in [0.2, 0.25) is 0 Å². The quantitative estimate of drug-likeness (QED) is 0.663. The lowest BCUT2D eigenvalue weighted by Gasteiger charge is -2.32. The van der Waals surface area contributed by atoms with Gasteiger partial charge in [-0.25, -0.2) is 9.97 Å². The smallest absolute Gasteiger partial charge is 0.399 e. The Labute approximate surface area is 101 Å². The van der Waals surface area contributed by atoms with Crippen LogP contribution in [0.25, 0.3) is 0 Å². The van der Waals surface area contributed by atoms with E-state index in [-0.39, 0.29) is 0 Å². The van der Waals surface area contributed by atoms with Gasteiger partial charge in [-0.2, -0.15) is 5.26 Å². The highest BCUT2D eigenvalue weighted by molar-refractivity contribution is 6.62. The summed E-state index contributed by atoms with van der Waals surface area (Å²) in [7, 11) is -0.587. The Hall–Kier alpha value is -1.45. The Balaban J connectivity index is 2.36. The maximum absolute atomic E-state index is 8.99. The molecule has 17 heavy (non-hydrogen) atoms. The summed E-state index contributed by atoms with van der Waals surface area (Å²) in [5, 5.41) is 8.99. The highest BCUT2D eigenvalue weighted by atomic mass is 16.7. The average molecular weight is 231 g/mol. The number of hydrogen-bond acceptors (Lipinski definition) is 5. The van der Waals surface area contributed by atoms with Gasteiger partial charge in [0.25, 0.3) is 0 Å². The molecule has 1 aromatic heterocycles. The van der Waals surface area contributed by atoms with E-state index < -0.39 is 18.3 Å². The van der Waals surface area contributed by atoms with Crippen LogP contribution in [0.1, 0.15) is 33.4 Å². The molecule has 1 aromatic rings. The molecule has 0 N–H and O–H groups in total.